The molecule has 0 radical (unpaired) electrons. The van der Waals surface area contributed by atoms with Crippen molar-refractivity contribution in [2.24, 2.45) is 0 Å². The summed E-state index contributed by atoms with van der Waals surface area (Å²) >= 11 is 29.7. The normalized spacial score (nSPS) is 11.3. The van der Waals surface area contributed by atoms with Crippen LogP contribution in [0.1, 0.15) is 12.5 Å². The molecule has 3 N–H and O–H groups in total. The fourth-order valence-electron chi connectivity index (χ4n) is 2.38. The average Bonchev–Trinajstić information content (AvgIpc) is 2.85. The monoisotopic (exact) mass is 583 g/mol. The first-order chi connectivity index (χ1) is 16.5. The van der Waals surface area contributed by atoms with Crippen LogP contribution in [0.5, 0.6) is 5.75 Å². The van der Waals surface area contributed by atoms with Crippen LogP contribution < -0.4 is 20.7 Å². The summed E-state index contributed by atoms with van der Waals surface area (Å²) in [6.45, 7) is 0.466. The SMILES string of the molecule is C[C@H](NC(=O)CNC(=O)CNC(=O)OCc1ccccc1)C(=O)Oc1c(Cl)c(Cl)c(Cl)c(Cl)c1Cl. The number of nitrogens with one attached hydrogen (secondary N) is 3. The van der Waals surface area contributed by atoms with Crippen LogP contribution >= 0.6 is 58.0 Å². The van der Waals surface area contributed by atoms with Crippen molar-refractivity contribution in [1.29, 1.82) is 0 Å². The van der Waals surface area contributed by atoms with Crippen LogP contribution in [0.25, 0.3) is 0 Å². The smallest absolute Gasteiger partial charge is 0.407 e. The minimum atomic E-state index is -1.16. The molecule has 0 aliphatic heterocycles. The van der Waals surface area contributed by atoms with Gasteiger partial charge in [-0.3, -0.25) is 9.59 Å². The molecule has 0 saturated carbocycles. The van der Waals surface area contributed by atoms with Gasteiger partial charge in [0.1, 0.15) is 29.2 Å². The fraction of sp³-hybridized carbons (Fsp3) is 0.238. The molecular formula is C21H18Cl5N3O6. The van der Waals surface area contributed by atoms with Crippen molar-refractivity contribution in [1.82, 2.24) is 16.0 Å². The van der Waals surface area contributed by atoms with Crippen LogP contribution in [0.2, 0.25) is 25.1 Å². The Bertz CT molecular complexity index is 1090. The molecule has 0 spiro atoms. The number of carbonyl (C=O) groups is 4. The summed E-state index contributed by atoms with van der Waals surface area (Å²) in [5.41, 5.74) is 0.781. The first-order valence-electron chi connectivity index (χ1n) is 9.75. The van der Waals surface area contributed by atoms with Crippen LogP contribution in [-0.2, 0) is 25.7 Å². The van der Waals surface area contributed by atoms with Crippen molar-refractivity contribution in [3.63, 3.8) is 0 Å². The Hall–Kier alpha value is -2.43. The molecule has 3 amide bonds. The van der Waals surface area contributed by atoms with E-state index in [1.54, 1.807) is 24.3 Å². The first kappa shape index (κ1) is 28.8. The highest BCUT2D eigenvalue weighted by Crippen LogP contribution is 2.48. The highest BCUT2D eigenvalue weighted by Gasteiger charge is 2.25. The largest absolute Gasteiger partial charge is 0.445 e. The highest BCUT2D eigenvalue weighted by molar-refractivity contribution is 6.55. The van der Waals surface area contributed by atoms with Crippen molar-refractivity contribution >= 4 is 81.9 Å². The van der Waals surface area contributed by atoms with E-state index in [2.05, 4.69) is 16.0 Å². The Morgan fingerprint density at radius 2 is 1.34 bits per heavy atom. The van der Waals surface area contributed by atoms with Crippen LogP contribution in [-0.4, -0.2) is 43.0 Å². The molecule has 35 heavy (non-hydrogen) atoms. The van der Waals surface area contributed by atoms with Gasteiger partial charge in [-0.1, -0.05) is 88.3 Å². The van der Waals surface area contributed by atoms with Gasteiger partial charge in [0.05, 0.1) is 21.6 Å². The topological polar surface area (TPSA) is 123 Å². The van der Waals surface area contributed by atoms with Crippen molar-refractivity contribution in [2.45, 2.75) is 19.6 Å². The molecule has 0 aliphatic rings. The van der Waals surface area contributed by atoms with Crippen LogP contribution in [0.3, 0.4) is 0 Å². The summed E-state index contributed by atoms with van der Waals surface area (Å²) in [5, 5.41) is 5.94. The molecule has 2 rings (SSSR count). The number of ether oxygens (including phenoxy) is 2. The van der Waals surface area contributed by atoms with E-state index in [0.29, 0.717) is 0 Å². The molecule has 188 valence electrons. The van der Waals surface area contributed by atoms with E-state index in [4.69, 9.17) is 67.5 Å². The molecule has 0 fully saturated rings. The van der Waals surface area contributed by atoms with Crippen LogP contribution in [0, 0.1) is 0 Å². The summed E-state index contributed by atoms with van der Waals surface area (Å²) in [6.07, 6.45) is -0.801. The van der Waals surface area contributed by atoms with E-state index in [0.717, 1.165) is 5.56 Å². The fourth-order valence-corrected chi connectivity index (χ4v) is 3.58. The Kier molecular flexibility index (Phi) is 11.2. The third-order valence-corrected chi connectivity index (χ3v) is 6.40. The zero-order chi connectivity index (χ0) is 26.1. The second-order valence-corrected chi connectivity index (χ2v) is 8.69. The minimum Gasteiger partial charge on any atom is -0.445 e. The van der Waals surface area contributed by atoms with E-state index < -0.39 is 43.0 Å². The number of benzene rings is 2. The quantitative estimate of drug-likeness (QED) is 0.174. The van der Waals surface area contributed by atoms with Gasteiger partial charge in [-0.25, -0.2) is 9.59 Å². The van der Waals surface area contributed by atoms with Gasteiger partial charge in [-0.05, 0) is 12.5 Å². The summed E-state index contributed by atoms with van der Waals surface area (Å²) in [6, 6.07) is 7.80. The lowest BCUT2D eigenvalue weighted by Crippen LogP contribution is -2.46. The zero-order valence-corrected chi connectivity index (χ0v) is 21.7. The Labute approximate surface area is 225 Å². The molecule has 0 unspecified atom stereocenters. The minimum absolute atomic E-state index is 0.0372. The number of halogens is 5. The van der Waals surface area contributed by atoms with Crippen molar-refractivity contribution in [3.05, 3.63) is 61.0 Å². The van der Waals surface area contributed by atoms with Crippen molar-refractivity contribution in [3.8, 4) is 5.75 Å². The number of esters is 1. The Balaban J connectivity index is 1.75. The van der Waals surface area contributed by atoms with Crippen LogP contribution in [0.4, 0.5) is 4.79 Å². The van der Waals surface area contributed by atoms with Gasteiger partial charge in [-0.2, -0.15) is 0 Å². The lowest BCUT2D eigenvalue weighted by molar-refractivity contribution is -0.138. The molecule has 0 aromatic heterocycles. The number of hydrogen-bond acceptors (Lipinski definition) is 6. The molecule has 2 aromatic carbocycles. The molecule has 0 bridgehead atoms. The number of amides is 3. The number of carbonyl (C=O) groups excluding carboxylic acids is 4. The first-order valence-corrected chi connectivity index (χ1v) is 11.6. The van der Waals surface area contributed by atoms with E-state index in [1.165, 1.54) is 6.92 Å². The summed E-state index contributed by atoms with van der Waals surface area (Å²) in [7, 11) is 0. The molecule has 0 heterocycles. The van der Waals surface area contributed by atoms with Gasteiger partial charge in [0.25, 0.3) is 0 Å². The standard InChI is InChI=1S/C21H18Cl5N3O6/c1-10(20(32)35-19-17(25)15(23)14(22)16(24)18(19)26)29-13(31)8-27-12(30)7-28-21(33)34-9-11-5-3-2-4-6-11/h2-6,10H,7-9H2,1H3,(H,27,30)(H,28,33)(H,29,31)/t10-/m0/s1. The van der Waals surface area contributed by atoms with Crippen LogP contribution in [0.15, 0.2) is 30.3 Å². The molecule has 0 aliphatic carbocycles. The molecule has 0 saturated heterocycles. The van der Waals surface area contributed by atoms with Gasteiger partial charge < -0.3 is 25.4 Å². The van der Waals surface area contributed by atoms with Gasteiger partial charge in [0.15, 0.2) is 5.75 Å². The molecule has 1 atom stereocenters. The van der Waals surface area contributed by atoms with Gasteiger partial charge in [0, 0.05) is 0 Å². The Morgan fingerprint density at radius 3 is 1.94 bits per heavy atom. The van der Waals surface area contributed by atoms with E-state index >= 15 is 0 Å². The average molecular weight is 586 g/mol. The van der Waals surface area contributed by atoms with Crippen molar-refractivity contribution in [2.75, 3.05) is 13.1 Å². The van der Waals surface area contributed by atoms with Gasteiger partial charge >= 0.3 is 12.1 Å². The maximum Gasteiger partial charge on any atom is 0.407 e. The van der Waals surface area contributed by atoms with Gasteiger partial charge in [-0.15, -0.1) is 0 Å². The van der Waals surface area contributed by atoms with Gasteiger partial charge in [0.2, 0.25) is 11.8 Å². The predicted molar refractivity (Wildman–Crippen MR) is 132 cm³/mol. The summed E-state index contributed by atoms with van der Waals surface area (Å²) in [4.78, 5) is 47.8. The second-order valence-electron chi connectivity index (χ2n) is 6.80. The summed E-state index contributed by atoms with van der Waals surface area (Å²) < 4.78 is 10.1. The summed E-state index contributed by atoms with van der Waals surface area (Å²) in [5.74, 6) is -2.63. The number of rotatable bonds is 9. The zero-order valence-electron chi connectivity index (χ0n) is 17.9. The third kappa shape index (κ3) is 8.63. The second kappa shape index (κ2) is 13.6. The number of hydrogen-bond donors (Lipinski definition) is 3. The third-order valence-electron chi connectivity index (χ3n) is 4.16. The maximum absolute atomic E-state index is 12.3. The van der Waals surface area contributed by atoms with E-state index in [1.807, 2.05) is 6.07 Å². The highest BCUT2D eigenvalue weighted by atomic mass is 35.5. The molecule has 14 heteroatoms. The molecule has 9 nitrogen and oxygen atoms in total. The molecular weight excluding hydrogens is 568 g/mol. The number of alkyl carbamates (subject to hydrolysis) is 1. The lowest BCUT2D eigenvalue weighted by atomic mass is 10.2. The Morgan fingerprint density at radius 1 is 0.800 bits per heavy atom. The lowest BCUT2D eigenvalue weighted by Gasteiger charge is -2.16. The molecule has 2 aromatic rings. The van der Waals surface area contributed by atoms with E-state index in [-0.39, 0.29) is 37.5 Å². The van der Waals surface area contributed by atoms with E-state index in [9.17, 15) is 19.2 Å². The maximum atomic E-state index is 12.3. The van der Waals surface area contributed by atoms with Crippen molar-refractivity contribution < 1.29 is 28.7 Å². The predicted octanol–water partition coefficient (Wildman–Crippen LogP) is 4.41.